The summed E-state index contributed by atoms with van der Waals surface area (Å²) in [4.78, 5) is -0.168. The molecule has 0 unspecified atom stereocenters. The van der Waals surface area contributed by atoms with Crippen molar-refractivity contribution in [2.45, 2.75) is 4.90 Å². The van der Waals surface area contributed by atoms with Crippen LogP contribution in [0.2, 0.25) is 0 Å². The molecule has 0 saturated heterocycles. The van der Waals surface area contributed by atoms with Gasteiger partial charge in [-0.15, -0.1) is 0 Å². The molecule has 4 nitrogen and oxygen atoms in total. The van der Waals surface area contributed by atoms with E-state index in [2.05, 4.69) is 20.7 Å². The van der Waals surface area contributed by atoms with Crippen LogP contribution in [0.25, 0.3) is 0 Å². The maximum atomic E-state index is 13.2. The molecule has 0 aliphatic rings. The smallest absolute Gasteiger partial charge is 0.261 e. The first-order valence-corrected chi connectivity index (χ1v) is 7.68. The number of hydrogen-bond donors (Lipinski definition) is 1. The van der Waals surface area contributed by atoms with Gasteiger partial charge in [-0.2, -0.15) is 5.26 Å². The summed E-state index contributed by atoms with van der Waals surface area (Å²) in [5, 5.41) is 8.72. The van der Waals surface area contributed by atoms with Gasteiger partial charge in [0.2, 0.25) is 0 Å². The van der Waals surface area contributed by atoms with E-state index in [0.29, 0.717) is 5.69 Å². The molecule has 20 heavy (non-hydrogen) atoms. The summed E-state index contributed by atoms with van der Waals surface area (Å²) in [5.74, 6) is -0.755. The Morgan fingerprint density at radius 2 is 1.80 bits per heavy atom. The van der Waals surface area contributed by atoms with Gasteiger partial charge in [0.05, 0.1) is 10.5 Å². The number of nitriles is 1. The second kappa shape index (κ2) is 5.61. The largest absolute Gasteiger partial charge is 0.280 e. The first-order chi connectivity index (χ1) is 9.42. The zero-order valence-electron chi connectivity index (χ0n) is 9.97. The average molecular weight is 355 g/mol. The summed E-state index contributed by atoms with van der Waals surface area (Å²) >= 11 is 3.24. The molecule has 1 N–H and O–H groups in total. The molecule has 0 aliphatic carbocycles. The molecule has 2 rings (SSSR count). The van der Waals surface area contributed by atoms with E-state index in [1.165, 1.54) is 0 Å². The lowest BCUT2D eigenvalue weighted by Crippen LogP contribution is -2.13. The van der Waals surface area contributed by atoms with Crippen molar-refractivity contribution in [3.63, 3.8) is 0 Å². The van der Waals surface area contributed by atoms with Gasteiger partial charge < -0.3 is 0 Å². The molecule has 0 aromatic heterocycles. The molecule has 7 heteroatoms. The maximum absolute atomic E-state index is 13.2. The first-order valence-electron chi connectivity index (χ1n) is 5.40. The summed E-state index contributed by atoms with van der Waals surface area (Å²) in [5.41, 5.74) is 0.0553. The van der Waals surface area contributed by atoms with Gasteiger partial charge in [0.25, 0.3) is 10.0 Å². The van der Waals surface area contributed by atoms with Crippen molar-refractivity contribution in [3.05, 3.63) is 58.3 Å². The number of nitrogens with one attached hydrogen (secondary N) is 1. The molecule has 0 aliphatic heterocycles. The standard InChI is InChI=1S/C13H8BrFN2O2S/c14-10-1-3-11(4-2-10)17-20(18,19)12-5-6-13(15)9(7-12)8-16/h1-7,17H. The van der Waals surface area contributed by atoms with E-state index in [-0.39, 0.29) is 10.5 Å². The summed E-state index contributed by atoms with van der Waals surface area (Å²) in [6, 6.07) is 11.2. The molecular weight excluding hydrogens is 347 g/mol. The lowest BCUT2D eigenvalue weighted by Gasteiger charge is -2.08. The fourth-order valence-corrected chi connectivity index (χ4v) is 2.84. The number of nitrogens with zero attached hydrogens (tertiary/aromatic N) is 1. The lowest BCUT2D eigenvalue weighted by atomic mass is 10.2. The average Bonchev–Trinajstić information content (AvgIpc) is 2.41. The molecule has 0 fully saturated rings. The number of halogens is 2. The van der Waals surface area contributed by atoms with Crippen molar-refractivity contribution in [3.8, 4) is 6.07 Å². The van der Waals surface area contributed by atoms with Gasteiger partial charge in [0.1, 0.15) is 11.9 Å². The van der Waals surface area contributed by atoms with Gasteiger partial charge in [-0.3, -0.25) is 4.72 Å². The quantitative estimate of drug-likeness (QED) is 0.919. The van der Waals surface area contributed by atoms with E-state index < -0.39 is 15.8 Å². The topological polar surface area (TPSA) is 70.0 Å². The van der Waals surface area contributed by atoms with Crippen LogP contribution in [-0.4, -0.2) is 8.42 Å². The Morgan fingerprint density at radius 3 is 2.40 bits per heavy atom. The van der Waals surface area contributed by atoms with Crippen LogP contribution in [0.1, 0.15) is 5.56 Å². The highest BCUT2D eigenvalue weighted by atomic mass is 79.9. The van der Waals surface area contributed by atoms with E-state index in [9.17, 15) is 12.8 Å². The Balaban J connectivity index is 2.36. The lowest BCUT2D eigenvalue weighted by molar-refractivity contribution is 0.599. The van der Waals surface area contributed by atoms with Crippen LogP contribution in [-0.2, 0) is 10.0 Å². The van der Waals surface area contributed by atoms with E-state index >= 15 is 0 Å². The highest BCUT2D eigenvalue weighted by molar-refractivity contribution is 9.10. The van der Waals surface area contributed by atoms with E-state index in [1.807, 2.05) is 0 Å². The van der Waals surface area contributed by atoms with Crippen molar-refractivity contribution in [2.75, 3.05) is 4.72 Å². The summed E-state index contributed by atoms with van der Waals surface area (Å²) < 4.78 is 40.6. The zero-order chi connectivity index (χ0) is 14.8. The normalized spacial score (nSPS) is 10.8. The number of rotatable bonds is 3. The molecule has 0 bridgehead atoms. The van der Waals surface area contributed by atoms with Crippen molar-refractivity contribution < 1.29 is 12.8 Å². The van der Waals surface area contributed by atoms with Crippen molar-refractivity contribution in [2.24, 2.45) is 0 Å². The molecule has 2 aromatic carbocycles. The molecule has 0 heterocycles. The summed E-state index contributed by atoms with van der Waals surface area (Å²) in [6.07, 6.45) is 0. The fraction of sp³-hybridized carbons (Fsp3) is 0. The third-order valence-corrected chi connectivity index (χ3v) is 4.37. The van der Waals surface area contributed by atoms with Crippen molar-refractivity contribution >= 4 is 31.6 Å². The molecule has 0 atom stereocenters. The minimum absolute atomic E-state index is 0.168. The minimum Gasteiger partial charge on any atom is -0.280 e. The predicted molar refractivity (Wildman–Crippen MR) is 76.1 cm³/mol. The Labute approximate surface area is 124 Å². The third kappa shape index (κ3) is 3.15. The minimum atomic E-state index is -3.86. The van der Waals surface area contributed by atoms with Crippen LogP contribution in [0.3, 0.4) is 0 Å². The monoisotopic (exact) mass is 354 g/mol. The van der Waals surface area contributed by atoms with Gasteiger partial charge in [0, 0.05) is 10.2 Å². The van der Waals surface area contributed by atoms with Crippen LogP contribution in [0, 0.1) is 17.1 Å². The first kappa shape index (κ1) is 14.5. The highest BCUT2D eigenvalue weighted by Crippen LogP contribution is 2.20. The number of benzene rings is 2. The SMILES string of the molecule is N#Cc1cc(S(=O)(=O)Nc2ccc(Br)cc2)ccc1F. The molecular formula is C13H8BrFN2O2S. The molecule has 0 saturated carbocycles. The second-order valence-corrected chi connectivity index (χ2v) is 6.46. The second-order valence-electron chi connectivity index (χ2n) is 3.87. The predicted octanol–water partition coefficient (Wildman–Crippen LogP) is 3.26. The van der Waals surface area contributed by atoms with Crippen molar-refractivity contribution in [1.82, 2.24) is 0 Å². The van der Waals surface area contributed by atoms with Crippen molar-refractivity contribution in [1.29, 1.82) is 5.26 Å². The van der Waals surface area contributed by atoms with Gasteiger partial charge in [0.15, 0.2) is 0 Å². The zero-order valence-corrected chi connectivity index (χ0v) is 12.4. The summed E-state index contributed by atoms with van der Waals surface area (Å²) in [6.45, 7) is 0. The van der Waals surface area contributed by atoms with Gasteiger partial charge in [-0.1, -0.05) is 15.9 Å². The van der Waals surface area contributed by atoms with Gasteiger partial charge in [-0.25, -0.2) is 12.8 Å². The van der Waals surface area contributed by atoms with Crippen LogP contribution in [0.4, 0.5) is 10.1 Å². The Kier molecular flexibility index (Phi) is 4.06. The Hall–Kier alpha value is -1.91. The van der Waals surface area contributed by atoms with Crippen LogP contribution in [0.15, 0.2) is 51.8 Å². The molecule has 0 radical (unpaired) electrons. The van der Waals surface area contributed by atoms with E-state index in [1.54, 1.807) is 30.3 Å². The fourth-order valence-electron chi connectivity index (χ4n) is 1.49. The maximum Gasteiger partial charge on any atom is 0.261 e. The van der Waals surface area contributed by atoms with Crippen LogP contribution >= 0.6 is 15.9 Å². The third-order valence-electron chi connectivity index (χ3n) is 2.47. The van der Waals surface area contributed by atoms with Gasteiger partial charge >= 0.3 is 0 Å². The number of hydrogen-bond acceptors (Lipinski definition) is 3. The van der Waals surface area contributed by atoms with E-state index in [0.717, 1.165) is 22.7 Å². The van der Waals surface area contributed by atoms with Crippen LogP contribution in [0.5, 0.6) is 0 Å². The molecule has 102 valence electrons. The summed E-state index contributed by atoms with van der Waals surface area (Å²) in [7, 11) is -3.86. The number of sulfonamides is 1. The molecule has 0 amide bonds. The Bertz CT molecular complexity index is 783. The van der Waals surface area contributed by atoms with Crippen LogP contribution < -0.4 is 4.72 Å². The highest BCUT2D eigenvalue weighted by Gasteiger charge is 2.16. The molecule has 2 aromatic rings. The number of anilines is 1. The molecule has 0 spiro atoms. The Morgan fingerprint density at radius 1 is 1.15 bits per heavy atom. The van der Waals surface area contributed by atoms with Gasteiger partial charge in [-0.05, 0) is 42.5 Å². The van der Waals surface area contributed by atoms with E-state index in [4.69, 9.17) is 5.26 Å².